The standard InChI is InChI=1S/C19H32N4O3/c1-6-26-19(24)23-16(10-14(2)3)13-22-18(20-4)21-12-15-8-7-9-17(11-15)25-5/h7-9,11,14,16H,6,10,12-13H2,1-5H3,(H,23,24)(H2,20,21,22). The average Bonchev–Trinajstić information content (AvgIpc) is 2.61. The Kier molecular flexibility index (Phi) is 9.97. The van der Waals surface area contributed by atoms with Crippen molar-refractivity contribution < 1.29 is 14.3 Å². The Morgan fingerprint density at radius 1 is 1.27 bits per heavy atom. The molecular formula is C19H32N4O3. The number of benzene rings is 1. The Morgan fingerprint density at radius 2 is 2.04 bits per heavy atom. The fourth-order valence-electron chi connectivity index (χ4n) is 2.51. The summed E-state index contributed by atoms with van der Waals surface area (Å²) in [6.07, 6.45) is 0.456. The fourth-order valence-corrected chi connectivity index (χ4v) is 2.51. The molecule has 26 heavy (non-hydrogen) atoms. The molecule has 0 heterocycles. The number of carbonyl (C=O) groups is 1. The summed E-state index contributed by atoms with van der Waals surface area (Å²) in [5.41, 5.74) is 1.09. The number of alkyl carbamates (subject to hydrolysis) is 1. The molecule has 0 aromatic heterocycles. The van der Waals surface area contributed by atoms with Gasteiger partial charge in [-0.05, 0) is 37.0 Å². The number of hydrogen-bond donors (Lipinski definition) is 3. The van der Waals surface area contributed by atoms with E-state index in [0.29, 0.717) is 31.6 Å². The van der Waals surface area contributed by atoms with Crippen LogP contribution in [0, 0.1) is 5.92 Å². The fraction of sp³-hybridized carbons (Fsp3) is 0.579. The number of rotatable bonds is 9. The molecule has 7 nitrogen and oxygen atoms in total. The van der Waals surface area contributed by atoms with E-state index in [0.717, 1.165) is 17.7 Å². The summed E-state index contributed by atoms with van der Waals surface area (Å²) >= 11 is 0. The predicted octanol–water partition coefficient (Wildman–Crippen LogP) is 2.52. The average molecular weight is 364 g/mol. The Hall–Kier alpha value is -2.44. The summed E-state index contributed by atoms with van der Waals surface area (Å²) in [6.45, 7) is 7.58. The number of nitrogens with zero attached hydrogens (tertiary/aromatic N) is 1. The number of methoxy groups -OCH3 is 1. The van der Waals surface area contributed by atoms with E-state index in [9.17, 15) is 4.79 Å². The zero-order valence-corrected chi connectivity index (χ0v) is 16.5. The number of nitrogens with one attached hydrogen (secondary N) is 3. The molecule has 0 saturated heterocycles. The van der Waals surface area contributed by atoms with Crippen molar-refractivity contribution in [2.75, 3.05) is 27.3 Å². The second kappa shape index (κ2) is 12.0. The van der Waals surface area contributed by atoms with Crippen molar-refractivity contribution in [2.45, 2.75) is 39.8 Å². The Balaban J connectivity index is 2.54. The highest BCUT2D eigenvalue weighted by atomic mass is 16.5. The molecule has 1 aromatic rings. The molecule has 1 rings (SSSR count). The quantitative estimate of drug-likeness (QED) is 0.463. The minimum atomic E-state index is -0.390. The first-order chi connectivity index (χ1) is 12.5. The molecular weight excluding hydrogens is 332 g/mol. The van der Waals surface area contributed by atoms with Gasteiger partial charge < -0.3 is 25.4 Å². The normalized spacial score (nSPS) is 12.5. The number of hydrogen-bond acceptors (Lipinski definition) is 4. The van der Waals surface area contributed by atoms with Gasteiger partial charge in [0.25, 0.3) is 0 Å². The lowest BCUT2D eigenvalue weighted by Gasteiger charge is -2.22. The number of guanidine groups is 1. The highest BCUT2D eigenvalue weighted by Crippen LogP contribution is 2.12. The van der Waals surface area contributed by atoms with Crippen molar-refractivity contribution in [1.29, 1.82) is 0 Å². The van der Waals surface area contributed by atoms with Crippen molar-refractivity contribution in [3.8, 4) is 5.75 Å². The Bertz CT molecular complexity index is 576. The molecule has 0 aliphatic carbocycles. The van der Waals surface area contributed by atoms with Gasteiger partial charge in [0.1, 0.15) is 5.75 Å². The van der Waals surface area contributed by atoms with Crippen LogP contribution in [-0.4, -0.2) is 45.4 Å². The zero-order valence-electron chi connectivity index (χ0n) is 16.5. The molecule has 0 aliphatic rings. The van der Waals surface area contributed by atoms with Crippen molar-refractivity contribution in [3.63, 3.8) is 0 Å². The van der Waals surface area contributed by atoms with Crippen LogP contribution in [-0.2, 0) is 11.3 Å². The van der Waals surface area contributed by atoms with Gasteiger partial charge in [0.05, 0.1) is 13.7 Å². The van der Waals surface area contributed by atoms with Gasteiger partial charge in [-0.1, -0.05) is 26.0 Å². The van der Waals surface area contributed by atoms with Gasteiger partial charge in [0.2, 0.25) is 0 Å². The van der Waals surface area contributed by atoms with E-state index < -0.39 is 0 Å². The van der Waals surface area contributed by atoms with Crippen molar-refractivity contribution in [3.05, 3.63) is 29.8 Å². The van der Waals surface area contributed by atoms with Gasteiger partial charge in [-0.2, -0.15) is 0 Å². The highest BCUT2D eigenvalue weighted by molar-refractivity contribution is 5.79. The molecule has 0 aliphatic heterocycles. The van der Waals surface area contributed by atoms with Crippen LogP contribution in [0.2, 0.25) is 0 Å². The summed E-state index contributed by atoms with van der Waals surface area (Å²) in [7, 11) is 3.37. The van der Waals surface area contributed by atoms with E-state index in [-0.39, 0.29) is 12.1 Å². The van der Waals surface area contributed by atoms with E-state index >= 15 is 0 Å². The third-order valence-electron chi connectivity index (χ3n) is 3.69. The van der Waals surface area contributed by atoms with E-state index in [1.807, 2.05) is 24.3 Å². The maximum absolute atomic E-state index is 11.7. The number of carbonyl (C=O) groups excluding carboxylic acids is 1. The third kappa shape index (κ3) is 8.60. The summed E-state index contributed by atoms with van der Waals surface area (Å²) < 4.78 is 10.2. The largest absolute Gasteiger partial charge is 0.497 e. The van der Waals surface area contributed by atoms with E-state index in [1.165, 1.54) is 0 Å². The first-order valence-corrected chi connectivity index (χ1v) is 8.99. The second-order valence-corrected chi connectivity index (χ2v) is 6.35. The van der Waals surface area contributed by atoms with E-state index in [4.69, 9.17) is 9.47 Å². The van der Waals surface area contributed by atoms with Crippen LogP contribution in [0.3, 0.4) is 0 Å². The molecule has 7 heteroatoms. The monoisotopic (exact) mass is 364 g/mol. The summed E-state index contributed by atoms with van der Waals surface area (Å²) in [4.78, 5) is 15.9. The maximum atomic E-state index is 11.7. The van der Waals surface area contributed by atoms with Gasteiger partial charge in [-0.15, -0.1) is 0 Å². The van der Waals surface area contributed by atoms with Crippen LogP contribution < -0.4 is 20.7 Å². The lowest BCUT2D eigenvalue weighted by molar-refractivity contribution is 0.146. The molecule has 1 unspecified atom stereocenters. The Labute approximate surface area is 156 Å². The van der Waals surface area contributed by atoms with Gasteiger partial charge in [0.15, 0.2) is 5.96 Å². The molecule has 0 saturated carbocycles. The highest BCUT2D eigenvalue weighted by Gasteiger charge is 2.15. The van der Waals surface area contributed by atoms with Crippen molar-refractivity contribution in [1.82, 2.24) is 16.0 Å². The summed E-state index contributed by atoms with van der Waals surface area (Å²) in [6, 6.07) is 7.82. The lowest BCUT2D eigenvalue weighted by atomic mass is 10.0. The predicted molar refractivity (Wildman–Crippen MR) is 105 cm³/mol. The van der Waals surface area contributed by atoms with E-state index in [1.54, 1.807) is 21.1 Å². The molecule has 0 spiro atoms. The minimum absolute atomic E-state index is 0.0376. The van der Waals surface area contributed by atoms with Gasteiger partial charge in [-0.25, -0.2) is 4.79 Å². The third-order valence-corrected chi connectivity index (χ3v) is 3.69. The van der Waals surface area contributed by atoms with Crippen molar-refractivity contribution in [2.24, 2.45) is 10.9 Å². The van der Waals surface area contributed by atoms with Crippen LogP contribution in [0.1, 0.15) is 32.8 Å². The van der Waals surface area contributed by atoms with Crippen LogP contribution in [0.25, 0.3) is 0 Å². The zero-order chi connectivity index (χ0) is 19.4. The number of amides is 1. The first-order valence-electron chi connectivity index (χ1n) is 8.99. The van der Waals surface area contributed by atoms with Crippen LogP contribution in [0.4, 0.5) is 4.79 Å². The first kappa shape index (κ1) is 21.6. The molecule has 1 aromatic carbocycles. The van der Waals surface area contributed by atoms with Gasteiger partial charge >= 0.3 is 6.09 Å². The molecule has 3 N–H and O–H groups in total. The Morgan fingerprint density at radius 3 is 2.65 bits per heavy atom. The van der Waals surface area contributed by atoms with Gasteiger partial charge in [0, 0.05) is 26.2 Å². The topological polar surface area (TPSA) is 84.0 Å². The van der Waals surface area contributed by atoms with Crippen LogP contribution in [0.15, 0.2) is 29.3 Å². The van der Waals surface area contributed by atoms with Crippen molar-refractivity contribution >= 4 is 12.1 Å². The SMILES string of the molecule is CCOC(=O)NC(CNC(=NC)NCc1cccc(OC)c1)CC(C)C. The lowest BCUT2D eigenvalue weighted by Crippen LogP contribution is -2.47. The molecule has 0 radical (unpaired) electrons. The summed E-state index contributed by atoms with van der Waals surface area (Å²) in [5, 5.41) is 9.42. The number of ether oxygens (including phenoxy) is 2. The minimum Gasteiger partial charge on any atom is -0.497 e. The molecule has 0 fully saturated rings. The molecule has 0 bridgehead atoms. The molecule has 1 amide bonds. The van der Waals surface area contributed by atoms with Crippen LogP contribution in [0.5, 0.6) is 5.75 Å². The summed E-state index contributed by atoms with van der Waals surface area (Å²) in [5.74, 6) is 1.95. The number of aliphatic imine (C=N–C) groups is 1. The van der Waals surface area contributed by atoms with Crippen LogP contribution >= 0.6 is 0 Å². The molecule has 1 atom stereocenters. The maximum Gasteiger partial charge on any atom is 0.407 e. The second-order valence-electron chi connectivity index (χ2n) is 6.35. The van der Waals surface area contributed by atoms with Gasteiger partial charge in [-0.3, -0.25) is 4.99 Å². The molecule has 146 valence electrons. The smallest absolute Gasteiger partial charge is 0.407 e. The van der Waals surface area contributed by atoms with E-state index in [2.05, 4.69) is 34.8 Å².